The highest BCUT2D eigenvalue weighted by Crippen LogP contribution is 2.07. The van der Waals surface area contributed by atoms with Gasteiger partial charge in [-0.25, -0.2) is 0 Å². The molecule has 4 heteroatoms. The molecule has 0 spiro atoms. The van der Waals surface area contributed by atoms with E-state index in [2.05, 4.69) is 25.9 Å². The molecular formula is C13H23N3O. The molecule has 0 amide bonds. The van der Waals surface area contributed by atoms with E-state index in [4.69, 9.17) is 5.73 Å². The number of hydrogen-bond acceptors (Lipinski definition) is 3. The second kappa shape index (κ2) is 6.55. The number of carbonyl (C=O) groups is 1. The van der Waals surface area contributed by atoms with Crippen LogP contribution in [0.3, 0.4) is 0 Å². The van der Waals surface area contributed by atoms with Gasteiger partial charge in [0.15, 0.2) is 0 Å². The van der Waals surface area contributed by atoms with E-state index in [1.165, 1.54) is 0 Å². The van der Waals surface area contributed by atoms with Crippen LogP contribution in [-0.2, 0) is 11.2 Å². The summed E-state index contributed by atoms with van der Waals surface area (Å²) in [5.41, 5.74) is 6.69. The standard InChI is InChI=1S/C13H23N3O/c1-4-5-11(14)8-13(17)9-12-6-7-16(15-12)10(2)3/h6-7,10-11H,4-5,8-9,14H2,1-3H3. The fourth-order valence-corrected chi connectivity index (χ4v) is 1.80. The zero-order valence-electron chi connectivity index (χ0n) is 11.0. The van der Waals surface area contributed by atoms with Crippen LogP contribution < -0.4 is 5.73 Å². The molecule has 0 radical (unpaired) electrons. The maximum Gasteiger partial charge on any atom is 0.140 e. The van der Waals surface area contributed by atoms with Crippen LogP contribution >= 0.6 is 0 Å². The first-order chi connectivity index (χ1) is 8.02. The Bertz CT molecular complexity index is 357. The van der Waals surface area contributed by atoms with E-state index in [0.717, 1.165) is 18.5 Å². The van der Waals surface area contributed by atoms with Gasteiger partial charge >= 0.3 is 0 Å². The molecule has 0 aliphatic rings. The van der Waals surface area contributed by atoms with Crippen LogP contribution in [0.2, 0.25) is 0 Å². The lowest BCUT2D eigenvalue weighted by Crippen LogP contribution is -2.24. The molecule has 1 atom stereocenters. The minimum atomic E-state index is -0.000292. The first-order valence-electron chi connectivity index (χ1n) is 6.34. The Morgan fingerprint density at radius 1 is 1.53 bits per heavy atom. The first-order valence-corrected chi connectivity index (χ1v) is 6.34. The molecule has 0 saturated carbocycles. The minimum Gasteiger partial charge on any atom is -0.327 e. The number of rotatable bonds is 7. The summed E-state index contributed by atoms with van der Waals surface area (Å²) in [4.78, 5) is 11.7. The molecule has 1 unspecified atom stereocenters. The normalized spacial score (nSPS) is 13.0. The van der Waals surface area contributed by atoms with Crippen molar-refractivity contribution in [3.05, 3.63) is 18.0 Å². The minimum absolute atomic E-state index is 0.000292. The van der Waals surface area contributed by atoms with Gasteiger partial charge in [0.1, 0.15) is 5.78 Å². The molecule has 4 nitrogen and oxygen atoms in total. The Kier molecular flexibility index (Phi) is 5.35. The van der Waals surface area contributed by atoms with E-state index in [1.807, 2.05) is 16.9 Å². The van der Waals surface area contributed by atoms with Crippen LogP contribution in [0.15, 0.2) is 12.3 Å². The van der Waals surface area contributed by atoms with E-state index in [1.54, 1.807) is 0 Å². The van der Waals surface area contributed by atoms with E-state index >= 15 is 0 Å². The number of nitrogens with zero attached hydrogens (tertiary/aromatic N) is 2. The summed E-state index contributed by atoms with van der Waals surface area (Å²) < 4.78 is 1.87. The number of carbonyl (C=O) groups excluding carboxylic acids is 1. The summed E-state index contributed by atoms with van der Waals surface area (Å²) in [6, 6.07) is 2.24. The fraction of sp³-hybridized carbons (Fsp3) is 0.692. The summed E-state index contributed by atoms with van der Waals surface area (Å²) in [7, 11) is 0. The lowest BCUT2D eigenvalue weighted by atomic mass is 10.0. The van der Waals surface area contributed by atoms with E-state index in [0.29, 0.717) is 18.9 Å². The van der Waals surface area contributed by atoms with Gasteiger partial charge in [0.05, 0.1) is 12.1 Å². The molecule has 2 N–H and O–H groups in total. The van der Waals surface area contributed by atoms with Crippen molar-refractivity contribution in [3.8, 4) is 0 Å². The molecule has 1 heterocycles. The van der Waals surface area contributed by atoms with Crippen LogP contribution in [0.25, 0.3) is 0 Å². The van der Waals surface area contributed by atoms with Crippen LogP contribution in [-0.4, -0.2) is 21.6 Å². The largest absolute Gasteiger partial charge is 0.327 e. The zero-order valence-corrected chi connectivity index (χ0v) is 11.0. The summed E-state index contributed by atoms with van der Waals surface area (Å²) in [5, 5.41) is 4.36. The average molecular weight is 237 g/mol. The highest BCUT2D eigenvalue weighted by atomic mass is 16.1. The molecule has 1 aromatic heterocycles. The van der Waals surface area contributed by atoms with Gasteiger partial charge in [-0.05, 0) is 26.3 Å². The monoisotopic (exact) mass is 237 g/mol. The first kappa shape index (κ1) is 13.9. The van der Waals surface area contributed by atoms with Gasteiger partial charge in [0.25, 0.3) is 0 Å². The highest BCUT2D eigenvalue weighted by Gasteiger charge is 2.11. The van der Waals surface area contributed by atoms with Gasteiger partial charge in [-0.3, -0.25) is 9.48 Å². The zero-order chi connectivity index (χ0) is 12.8. The van der Waals surface area contributed by atoms with Gasteiger partial charge in [0, 0.05) is 24.7 Å². The fourth-order valence-electron chi connectivity index (χ4n) is 1.80. The topological polar surface area (TPSA) is 60.9 Å². The lowest BCUT2D eigenvalue weighted by molar-refractivity contribution is -0.118. The van der Waals surface area contributed by atoms with Crippen LogP contribution in [0.5, 0.6) is 0 Å². The van der Waals surface area contributed by atoms with Crippen molar-refractivity contribution in [2.24, 2.45) is 5.73 Å². The summed E-state index contributed by atoms with van der Waals surface area (Å²) in [6.07, 6.45) is 4.71. The smallest absolute Gasteiger partial charge is 0.140 e. The third-order valence-electron chi connectivity index (χ3n) is 2.72. The van der Waals surface area contributed by atoms with E-state index in [9.17, 15) is 4.79 Å². The number of ketones is 1. The second-order valence-electron chi connectivity index (χ2n) is 4.85. The van der Waals surface area contributed by atoms with Gasteiger partial charge in [-0.15, -0.1) is 0 Å². The maximum absolute atomic E-state index is 11.7. The number of Topliss-reactive ketones (excluding diaryl/α,β-unsaturated/α-hetero) is 1. The summed E-state index contributed by atoms with van der Waals surface area (Å²) in [6.45, 7) is 6.21. The SMILES string of the molecule is CCCC(N)CC(=O)Cc1ccn(C(C)C)n1. The second-order valence-corrected chi connectivity index (χ2v) is 4.85. The van der Waals surface area contributed by atoms with Crippen LogP contribution in [0.1, 0.15) is 51.8 Å². The molecule has 0 saturated heterocycles. The molecule has 0 aliphatic carbocycles. The Morgan fingerprint density at radius 2 is 2.24 bits per heavy atom. The predicted octanol–water partition coefficient (Wildman–Crippen LogP) is 2.09. The highest BCUT2D eigenvalue weighted by molar-refractivity contribution is 5.80. The average Bonchev–Trinajstić information content (AvgIpc) is 2.66. The Morgan fingerprint density at radius 3 is 2.76 bits per heavy atom. The molecule has 1 rings (SSSR count). The number of hydrogen-bond donors (Lipinski definition) is 1. The van der Waals surface area contributed by atoms with Gasteiger partial charge < -0.3 is 5.73 Å². The van der Waals surface area contributed by atoms with Crippen molar-refractivity contribution in [3.63, 3.8) is 0 Å². The van der Waals surface area contributed by atoms with E-state index < -0.39 is 0 Å². The summed E-state index contributed by atoms with van der Waals surface area (Å²) >= 11 is 0. The van der Waals surface area contributed by atoms with Crippen molar-refractivity contribution in [1.29, 1.82) is 0 Å². The maximum atomic E-state index is 11.7. The Hall–Kier alpha value is -1.16. The molecule has 0 fully saturated rings. The molecule has 96 valence electrons. The predicted molar refractivity (Wildman–Crippen MR) is 68.8 cm³/mol. The van der Waals surface area contributed by atoms with Gasteiger partial charge in [-0.2, -0.15) is 5.10 Å². The van der Waals surface area contributed by atoms with Crippen molar-refractivity contribution in [1.82, 2.24) is 9.78 Å². The van der Waals surface area contributed by atoms with Crippen LogP contribution in [0, 0.1) is 0 Å². The third kappa shape index (κ3) is 4.69. The number of aromatic nitrogens is 2. The van der Waals surface area contributed by atoms with Crippen molar-refractivity contribution >= 4 is 5.78 Å². The quantitative estimate of drug-likeness (QED) is 0.790. The third-order valence-corrected chi connectivity index (χ3v) is 2.72. The summed E-state index contributed by atoms with van der Waals surface area (Å²) in [5.74, 6) is 0.181. The lowest BCUT2D eigenvalue weighted by Gasteiger charge is -2.08. The molecular weight excluding hydrogens is 214 g/mol. The van der Waals surface area contributed by atoms with Crippen LogP contribution in [0.4, 0.5) is 0 Å². The van der Waals surface area contributed by atoms with E-state index in [-0.39, 0.29) is 11.8 Å². The Labute approximate surface area is 103 Å². The van der Waals surface area contributed by atoms with Gasteiger partial charge in [0.2, 0.25) is 0 Å². The van der Waals surface area contributed by atoms with Gasteiger partial charge in [-0.1, -0.05) is 13.3 Å². The van der Waals surface area contributed by atoms with Crippen molar-refractivity contribution in [2.75, 3.05) is 0 Å². The molecule has 0 aromatic carbocycles. The van der Waals surface area contributed by atoms with Crippen molar-refractivity contribution < 1.29 is 4.79 Å². The Balaban J connectivity index is 2.44. The molecule has 1 aromatic rings. The molecule has 17 heavy (non-hydrogen) atoms. The van der Waals surface area contributed by atoms with Crippen molar-refractivity contribution in [2.45, 2.75) is 58.5 Å². The number of nitrogens with two attached hydrogens (primary N) is 1. The molecule has 0 bridgehead atoms. The molecule has 0 aliphatic heterocycles.